The number of halogens is 2. The largest absolute Gasteiger partial charge is 0.317 e. The van der Waals surface area contributed by atoms with Gasteiger partial charge in [-0.25, -0.2) is 0 Å². The van der Waals surface area contributed by atoms with Gasteiger partial charge in [-0.05, 0) is 30.7 Å². The topological polar surface area (TPSA) is 29.1 Å². The zero-order chi connectivity index (χ0) is 9.14. The molecule has 1 amide bonds. The average Bonchev–Trinajstić information content (AvgIpc) is 1.96. The van der Waals surface area contributed by atoms with E-state index in [2.05, 4.69) is 37.2 Å². The van der Waals surface area contributed by atoms with Crippen molar-refractivity contribution in [3.8, 4) is 0 Å². The van der Waals surface area contributed by atoms with Crippen molar-refractivity contribution in [1.29, 1.82) is 0 Å². The Morgan fingerprint density at radius 3 is 2.67 bits per heavy atom. The maximum atomic E-state index is 10.6. The van der Waals surface area contributed by atoms with Crippen molar-refractivity contribution < 1.29 is 4.79 Å². The molecule has 0 heterocycles. The first-order valence-corrected chi connectivity index (χ1v) is 4.91. The van der Waals surface area contributed by atoms with E-state index >= 15 is 0 Å². The van der Waals surface area contributed by atoms with Crippen LogP contribution in [0.5, 0.6) is 0 Å². The van der Waals surface area contributed by atoms with Crippen LogP contribution in [-0.2, 0) is 0 Å². The lowest BCUT2D eigenvalue weighted by Crippen LogP contribution is -2.00. The van der Waals surface area contributed by atoms with Gasteiger partial charge in [-0.2, -0.15) is 0 Å². The van der Waals surface area contributed by atoms with Gasteiger partial charge < -0.3 is 5.32 Å². The number of rotatable bonds is 1. The molecule has 1 rings (SSSR count). The van der Waals surface area contributed by atoms with E-state index in [1.165, 1.54) is 0 Å². The fraction of sp³-hybridized carbons (Fsp3) is 0.125. The van der Waals surface area contributed by atoms with Crippen molar-refractivity contribution in [3.05, 3.63) is 28.2 Å². The Morgan fingerprint density at radius 2 is 2.17 bits per heavy atom. The molecule has 0 aliphatic carbocycles. The molecule has 12 heavy (non-hydrogen) atoms. The first-order chi connectivity index (χ1) is 5.59. The third kappa shape index (κ3) is 2.60. The molecule has 4 heteroatoms. The standard InChI is InChI=1S/C8H7Br2NO/c1-5-4-6(11-8(10)12)2-3-7(5)9/h2-4H,1H3,(H,11,12). The lowest BCUT2D eigenvalue weighted by molar-refractivity contribution is 0.270. The summed E-state index contributed by atoms with van der Waals surface area (Å²) >= 11 is 6.16. The van der Waals surface area contributed by atoms with Crippen molar-refractivity contribution in [3.63, 3.8) is 0 Å². The number of hydrogen-bond acceptors (Lipinski definition) is 1. The number of carbonyl (C=O) groups is 1. The third-order valence-electron chi connectivity index (χ3n) is 1.40. The summed E-state index contributed by atoms with van der Waals surface area (Å²) in [5.74, 6) is 0. The minimum Gasteiger partial charge on any atom is -0.317 e. The van der Waals surface area contributed by atoms with Crippen molar-refractivity contribution in [2.24, 2.45) is 0 Å². The molecule has 0 aromatic heterocycles. The van der Waals surface area contributed by atoms with E-state index in [-0.39, 0.29) is 4.82 Å². The van der Waals surface area contributed by atoms with Crippen molar-refractivity contribution in [2.75, 3.05) is 5.32 Å². The summed E-state index contributed by atoms with van der Waals surface area (Å²) in [6.45, 7) is 1.97. The van der Waals surface area contributed by atoms with Crippen LogP contribution in [0.15, 0.2) is 22.7 Å². The monoisotopic (exact) mass is 291 g/mol. The second-order valence-corrected chi connectivity index (χ2v) is 3.94. The van der Waals surface area contributed by atoms with Crippen LogP contribution in [-0.4, -0.2) is 4.82 Å². The lowest BCUT2D eigenvalue weighted by atomic mass is 10.2. The molecule has 0 aliphatic heterocycles. The molecule has 1 N–H and O–H groups in total. The van der Waals surface area contributed by atoms with Gasteiger partial charge in [-0.3, -0.25) is 4.79 Å². The zero-order valence-electron chi connectivity index (χ0n) is 6.40. The predicted octanol–water partition coefficient (Wildman–Crippen LogP) is 3.68. The molecule has 0 radical (unpaired) electrons. The van der Waals surface area contributed by atoms with E-state index in [1.54, 1.807) is 0 Å². The highest BCUT2D eigenvalue weighted by molar-refractivity contribution is 9.18. The van der Waals surface area contributed by atoms with E-state index in [0.717, 1.165) is 15.7 Å². The molecule has 1 aromatic carbocycles. The normalized spacial score (nSPS) is 9.58. The van der Waals surface area contributed by atoms with Gasteiger partial charge in [0.25, 0.3) is 4.82 Å². The first kappa shape index (κ1) is 9.74. The molecule has 0 saturated carbocycles. The van der Waals surface area contributed by atoms with Crippen LogP contribution in [0.4, 0.5) is 10.5 Å². The number of aryl methyl sites for hydroxylation is 1. The van der Waals surface area contributed by atoms with Crippen LogP contribution in [0.2, 0.25) is 0 Å². The zero-order valence-corrected chi connectivity index (χ0v) is 9.57. The molecule has 0 saturated heterocycles. The molecular formula is C8H7Br2NO. The number of carbonyl (C=O) groups excluding carboxylic acids is 1. The highest BCUT2D eigenvalue weighted by Crippen LogP contribution is 2.20. The molecule has 0 unspecified atom stereocenters. The maximum Gasteiger partial charge on any atom is 0.291 e. The van der Waals surface area contributed by atoms with Crippen LogP contribution in [0.3, 0.4) is 0 Å². The Hall–Kier alpha value is -0.350. The summed E-state index contributed by atoms with van der Waals surface area (Å²) in [4.78, 5) is 10.4. The molecular weight excluding hydrogens is 286 g/mol. The number of benzene rings is 1. The highest BCUT2D eigenvalue weighted by atomic mass is 79.9. The van der Waals surface area contributed by atoms with Gasteiger partial charge in [0.15, 0.2) is 0 Å². The van der Waals surface area contributed by atoms with Gasteiger partial charge in [0, 0.05) is 26.1 Å². The van der Waals surface area contributed by atoms with Crippen molar-refractivity contribution in [2.45, 2.75) is 6.92 Å². The van der Waals surface area contributed by atoms with Crippen molar-refractivity contribution in [1.82, 2.24) is 0 Å². The molecule has 64 valence electrons. The Morgan fingerprint density at radius 1 is 1.50 bits per heavy atom. The Balaban J connectivity index is 2.89. The Labute approximate surface area is 87.6 Å². The Bertz CT molecular complexity index is 312. The summed E-state index contributed by atoms with van der Waals surface area (Å²) in [6.07, 6.45) is 0. The molecule has 0 atom stereocenters. The van der Waals surface area contributed by atoms with Crippen molar-refractivity contribution >= 4 is 42.4 Å². The number of amides is 1. The number of nitrogens with one attached hydrogen (secondary N) is 1. The summed E-state index contributed by atoms with van der Waals surface area (Å²) in [7, 11) is 0. The maximum absolute atomic E-state index is 10.6. The van der Waals surface area contributed by atoms with Gasteiger partial charge in [0.2, 0.25) is 0 Å². The molecule has 0 bridgehead atoms. The number of anilines is 1. The van der Waals surface area contributed by atoms with E-state index in [0.29, 0.717) is 0 Å². The molecule has 0 spiro atoms. The second kappa shape index (κ2) is 4.05. The summed E-state index contributed by atoms with van der Waals surface area (Å²) < 4.78 is 1.04. The first-order valence-electron chi connectivity index (χ1n) is 3.32. The van der Waals surface area contributed by atoms with Crippen LogP contribution in [0.1, 0.15) is 5.56 Å². The minimum atomic E-state index is -0.232. The number of hydrogen-bond donors (Lipinski definition) is 1. The van der Waals surface area contributed by atoms with Gasteiger partial charge >= 0.3 is 0 Å². The highest BCUT2D eigenvalue weighted by Gasteiger charge is 1.98. The molecule has 1 aromatic rings. The van der Waals surface area contributed by atoms with Crippen LogP contribution < -0.4 is 5.32 Å². The van der Waals surface area contributed by atoms with E-state index < -0.39 is 0 Å². The van der Waals surface area contributed by atoms with Gasteiger partial charge in [-0.15, -0.1) is 0 Å². The van der Waals surface area contributed by atoms with Crippen LogP contribution in [0, 0.1) is 6.92 Å². The average molecular weight is 293 g/mol. The van der Waals surface area contributed by atoms with E-state index in [1.807, 2.05) is 25.1 Å². The van der Waals surface area contributed by atoms with Gasteiger partial charge in [-0.1, -0.05) is 15.9 Å². The SMILES string of the molecule is Cc1cc(NC(=O)Br)ccc1Br. The summed E-state index contributed by atoms with van der Waals surface area (Å²) in [6, 6.07) is 5.62. The summed E-state index contributed by atoms with van der Waals surface area (Å²) in [5.41, 5.74) is 1.88. The smallest absolute Gasteiger partial charge is 0.291 e. The van der Waals surface area contributed by atoms with E-state index in [4.69, 9.17) is 0 Å². The molecule has 0 fully saturated rings. The fourth-order valence-electron chi connectivity index (χ4n) is 0.836. The van der Waals surface area contributed by atoms with Gasteiger partial charge in [0.1, 0.15) is 0 Å². The predicted molar refractivity (Wildman–Crippen MR) is 56.8 cm³/mol. The quantitative estimate of drug-likeness (QED) is 0.621. The lowest BCUT2D eigenvalue weighted by Gasteiger charge is -2.02. The second-order valence-electron chi connectivity index (χ2n) is 2.36. The third-order valence-corrected chi connectivity index (χ3v) is 2.49. The minimum absolute atomic E-state index is 0.232. The molecule has 0 aliphatic rings. The molecule has 2 nitrogen and oxygen atoms in total. The Kier molecular flexibility index (Phi) is 3.29. The van der Waals surface area contributed by atoms with Crippen LogP contribution in [0.25, 0.3) is 0 Å². The van der Waals surface area contributed by atoms with E-state index in [9.17, 15) is 4.79 Å². The summed E-state index contributed by atoms with van der Waals surface area (Å²) in [5, 5.41) is 2.63. The van der Waals surface area contributed by atoms with Gasteiger partial charge in [0.05, 0.1) is 0 Å². The fourth-order valence-corrected chi connectivity index (χ4v) is 1.31. The van der Waals surface area contributed by atoms with Crippen LogP contribution >= 0.6 is 31.9 Å².